The van der Waals surface area contributed by atoms with Crippen molar-refractivity contribution in [3.63, 3.8) is 0 Å². The lowest BCUT2D eigenvalue weighted by Crippen LogP contribution is -2.40. The second-order valence-corrected chi connectivity index (χ2v) is 5.37. The summed E-state index contributed by atoms with van der Waals surface area (Å²) in [4.78, 5) is 4.32. The topological polar surface area (TPSA) is 48.3 Å². The SMILES string of the molecule is CC1OCCC1(C)n1cncc1C1CNCCO1. The number of nitrogens with zero attached hydrogens (tertiary/aromatic N) is 2. The highest BCUT2D eigenvalue weighted by Gasteiger charge is 2.40. The maximum Gasteiger partial charge on any atom is 0.111 e. The normalized spacial score (nSPS) is 37.0. The molecule has 5 heteroatoms. The van der Waals surface area contributed by atoms with Gasteiger partial charge in [0, 0.05) is 19.7 Å². The zero-order valence-electron chi connectivity index (χ0n) is 11.1. The van der Waals surface area contributed by atoms with E-state index in [0.717, 1.165) is 38.4 Å². The van der Waals surface area contributed by atoms with Gasteiger partial charge in [0.2, 0.25) is 0 Å². The molecule has 0 aliphatic carbocycles. The van der Waals surface area contributed by atoms with Crippen LogP contribution >= 0.6 is 0 Å². The Morgan fingerprint density at radius 2 is 2.33 bits per heavy atom. The molecule has 2 fully saturated rings. The second-order valence-electron chi connectivity index (χ2n) is 5.37. The molecule has 3 heterocycles. The van der Waals surface area contributed by atoms with Crippen LogP contribution in [0.15, 0.2) is 12.5 Å². The molecule has 0 saturated carbocycles. The van der Waals surface area contributed by atoms with E-state index >= 15 is 0 Å². The predicted octanol–water partition coefficient (Wildman–Crippen LogP) is 1.07. The molecule has 18 heavy (non-hydrogen) atoms. The number of ether oxygens (including phenoxy) is 2. The van der Waals surface area contributed by atoms with Gasteiger partial charge in [0.05, 0.1) is 36.5 Å². The fourth-order valence-corrected chi connectivity index (χ4v) is 2.87. The standard InChI is InChI=1S/C13H21N3O2/c1-10-13(2,3-5-17-10)16-9-15-7-11(16)12-8-14-4-6-18-12/h7,9-10,12,14H,3-6,8H2,1-2H3. The van der Waals surface area contributed by atoms with Crippen LogP contribution in [-0.4, -0.2) is 42.0 Å². The fourth-order valence-electron chi connectivity index (χ4n) is 2.87. The number of rotatable bonds is 2. The van der Waals surface area contributed by atoms with Gasteiger partial charge in [0.25, 0.3) is 0 Å². The summed E-state index contributed by atoms with van der Waals surface area (Å²) in [5.41, 5.74) is 1.15. The Morgan fingerprint density at radius 3 is 3.00 bits per heavy atom. The molecule has 1 aromatic heterocycles. The van der Waals surface area contributed by atoms with Gasteiger partial charge in [-0.3, -0.25) is 0 Å². The number of nitrogens with one attached hydrogen (secondary N) is 1. The van der Waals surface area contributed by atoms with E-state index in [2.05, 4.69) is 28.7 Å². The van der Waals surface area contributed by atoms with Crippen LogP contribution < -0.4 is 5.32 Å². The molecule has 3 atom stereocenters. The molecule has 0 radical (unpaired) electrons. The van der Waals surface area contributed by atoms with Crippen molar-refractivity contribution in [1.82, 2.24) is 14.9 Å². The van der Waals surface area contributed by atoms with Crippen LogP contribution in [0.2, 0.25) is 0 Å². The van der Waals surface area contributed by atoms with Crippen molar-refractivity contribution in [1.29, 1.82) is 0 Å². The summed E-state index contributed by atoms with van der Waals surface area (Å²) < 4.78 is 13.8. The predicted molar refractivity (Wildman–Crippen MR) is 67.5 cm³/mol. The zero-order valence-corrected chi connectivity index (χ0v) is 11.1. The molecule has 100 valence electrons. The summed E-state index contributed by atoms with van der Waals surface area (Å²) >= 11 is 0. The molecule has 0 aromatic carbocycles. The van der Waals surface area contributed by atoms with Gasteiger partial charge in [-0.25, -0.2) is 4.98 Å². The summed E-state index contributed by atoms with van der Waals surface area (Å²) in [5.74, 6) is 0. The molecule has 3 rings (SSSR count). The fraction of sp³-hybridized carbons (Fsp3) is 0.769. The van der Waals surface area contributed by atoms with E-state index < -0.39 is 0 Å². The molecule has 2 aliphatic rings. The summed E-state index contributed by atoms with van der Waals surface area (Å²) in [7, 11) is 0. The summed E-state index contributed by atoms with van der Waals surface area (Å²) in [6.45, 7) is 7.75. The van der Waals surface area contributed by atoms with Crippen molar-refractivity contribution in [2.45, 2.75) is 38.0 Å². The lowest BCUT2D eigenvalue weighted by molar-refractivity contribution is 0.0156. The van der Waals surface area contributed by atoms with Gasteiger partial charge in [0.1, 0.15) is 6.10 Å². The van der Waals surface area contributed by atoms with Crippen molar-refractivity contribution in [3.05, 3.63) is 18.2 Å². The van der Waals surface area contributed by atoms with Crippen molar-refractivity contribution < 1.29 is 9.47 Å². The Hall–Kier alpha value is -0.910. The van der Waals surface area contributed by atoms with Crippen molar-refractivity contribution in [2.75, 3.05) is 26.3 Å². The first-order valence-electron chi connectivity index (χ1n) is 6.68. The highest BCUT2D eigenvalue weighted by molar-refractivity contribution is 5.11. The molecule has 3 unspecified atom stereocenters. The van der Waals surface area contributed by atoms with E-state index in [-0.39, 0.29) is 17.7 Å². The first-order valence-corrected chi connectivity index (χ1v) is 6.68. The van der Waals surface area contributed by atoms with Crippen LogP contribution in [0.25, 0.3) is 0 Å². The largest absolute Gasteiger partial charge is 0.376 e. The first kappa shape index (κ1) is 12.1. The van der Waals surface area contributed by atoms with Crippen LogP contribution in [0, 0.1) is 0 Å². The Kier molecular flexibility index (Phi) is 3.13. The van der Waals surface area contributed by atoms with Gasteiger partial charge >= 0.3 is 0 Å². The Morgan fingerprint density at radius 1 is 1.44 bits per heavy atom. The number of imidazole rings is 1. The quantitative estimate of drug-likeness (QED) is 0.854. The molecule has 1 aromatic rings. The third kappa shape index (κ3) is 1.86. The van der Waals surface area contributed by atoms with E-state index in [1.165, 1.54) is 0 Å². The highest BCUT2D eigenvalue weighted by atomic mass is 16.5. The average Bonchev–Trinajstić information content (AvgIpc) is 2.99. The van der Waals surface area contributed by atoms with E-state index in [1.54, 1.807) is 0 Å². The number of morpholine rings is 1. The van der Waals surface area contributed by atoms with E-state index in [9.17, 15) is 0 Å². The van der Waals surface area contributed by atoms with Crippen LogP contribution in [-0.2, 0) is 15.0 Å². The van der Waals surface area contributed by atoms with E-state index in [1.807, 2.05) is 12.5 Å². The third-order valence-corrected chi connectivity index (χ3v) is 4.33. The maximum atomic E-state index is 5.84. The lowest BCUT2D eigenvalue weighted by Gasteiger charge is -2.34. The molecule has 0 amide bonds. The summed E-state index contributed by atoms with van der Waals surface area (Å²) in [6.07, 6.45) is 5.18. The van der Waals surface area contributed by atoms with Gasteiger partial charge < -0.3 is 19.4 Å². The average molecular weight is 251 g/mol. The van der Waals surface area contributed by atoms with Gasteiger partial charge in [-0.1, -0.05) is 0 Å². The van der Waals surface area contributed by atoms with Crippen LogP contribution in [0.1, 0.15) is 32.1 Å². The Balaban J connectivity index is 1.91. The Labute approximate surface area is 107 Å². The minimum atomic E-state index is -0.00730. The van der Waals surface area contributed by atoms with E-state index in [4.69, 9.17) is 9.47 Å². The maximum absolute atomic E-state index is 5.84. The lowest BCUT2D eigenvalue weighted by atomic mass is 9.93. The minimum Gasteiger partial charge on any atom is -0.376 e. The number of hydrogen-bond donors (Lipinski definition) is 1. The minimum absolute atomic E-state index is 0.00730. The molecule has 1 N–H and O–H groups in total. The number of aromatic nitrogens is 2. The molecule has 0 bridgehead atoms. The van der Waals surface area contributed by atoms with Gasteiger partial charge in [-0.05, 0) is 20.3 Å². The molecule has 2 saturated heterocycles. The first-order chi connectivity index (χ1) is 8.72. The van der Waals surface area contributed by atoms with Crippen LogP contribution in [0.4, 0.5) is 0 Å². The van der Waals surface area contributed by atoms with Crippen LogP contribution in [0.5, 0.6) is 0 Å². The molecule has 2 aliphatic heterocycles. The third-order valence-electron chi connectivity index (χ3n) is 4.33. The monoisotopic (exact) mass is 251 g/mol. The van der Waals surface area contributed by atoms with E-state index in [0.29, 0.717) is 0 Å². The Bertz CT molecular complexity index is 414. The molecular formula is C13H21N3O2. The molecule has 5 nitrogen and oxygen atoms in total. The summed E-state index contributed by atoms with van der Waals surface area (Å²) in [6, 6.07) is 0. The highest BCUT2D eigenvalue weighted by Crippen LogP contribution is 2.35. The van der Waals surface area contributed by atoms with Crippen LogP contribution in [0.3, 0.4) is 0 Å². The van der Waals surface area contributed by atoms with Crippen molar-refractivity contribution >= 4 is 0 Å². The smallest absolute Gasteiger partial charge is 0.111 e. The van der Waals surface area contributed by atoms with Gasteiger partial charge in [-0.15, -0.1) is 0 Å². The molecular weight excluding hydrogens is 230 g/mol. The summed E-state index contributed by atoms with van der Waals surface area (Å²) in [5, 5.41) is 3.37. The second kappa shape index (κ2) is 4.64. The van der Waals surface area contributed by atoms with Crippen molar-refractivity contribution in [3.8, 4) is 0 Å². The van der Waals surface area contributed by atoms with Gasteiger partial charge in [0.15, 0.2) is 0 Å². The molecule has 0 spiro atoms. The van der Waals surface area contributed by atoms with Gasteiger partial charge in [-0.2, -0.15) is 0 Å². The van der Waals surface area contributed by atoms with Crippen molar-refractivity contribution in [2.24, 2.45) is 0 Å². The number of hydrogen-bond acceptors (Lipinski definition) is 4. The zero-order chi connectivity index (χ0) is 12.6.